The second-order valence-electron chi connectivity index (χ2n) is 15.6. The molecule has 1 N–H and O–H groups in total. The SMILES string of the molecule is CNC(=O)N1CCn2c(CCn3nc(-c4cnn(C)c4)c4cc(-c5nc(C)n6c5CN(C(C)=O)CC6)ccc43)nc(-c3ccc4c(c3)c(-c3cnn(C)c3)nn4C)c2C1. The maximum atomic E-state index is 12.9. The smallest absolute Gasteiger partial charge is 0.317 e. The lowest BCUT2D eigenvalue weighted by Gasteiger charge is -2.29. The third-order valence-electron chi connectivity index (χ3n) is 11.9. The van der Waals surface area contributed by atoms with Gasteiger partial charge in [0.05, 0.1) is 59.3 Å². The Morgan fingerprint density at radius 3 is 1.95 bits per heavy atom. The Hall–Kier alpha value is -7.04. The van der Waals surface area contributed by atoms with Crippen molar-refractivity contribution in [3.05, 3.63) is 84.2 Å². The van der Waals surface area contributed by atoms with Gasteiger partial charge in [-0.3, -0.25) is 23.5 Å². The molecule has 2 aromatic carbocycles. The summed E-state index contributed by atoms with van der Waals surface area (Å²) in [5.41, 5.74) is 11.3. The average molecular weight is 792 g/mol. The molecule has 8 heterocycles. The highest BCUT2D eigenvalue weighted by Crippen LogP contribution is 2.37. The van der Waals surface area contributed by atoms with Crippen LogP contribution in [0, 0.1) is 6.92 Å². The molecule has 0 aliphatic carbocycles. The fourth-order valence-electron chi connectivity index (χ4n) is 8.87. The summed E-state index contributed by atoms with van der Waals surface area (Å²) >= 11 is 0. The van der Waals surface area contributed by atoms with Crippen molar-refractivity contribution < 1.29 is 9.59 Å². The van der Waals surface area contributed by atoms with Gasteiger partial charge >= 0.3 is 6.03 Å². The van der Waals surface area contributed by atoms with Crippen LogP contribution in [0.5, 0.6) is 0 Å². The molecule has 2 aliphatic heterocycles. The minimum atomic E-state index is -0.112. The van der Waals surface area contributed by atoms with Crippen molar-refractivity contribution in [2.24, 2.45) is 21.1 Å². The van der Waals surface area contributed by atoms with Crippen molar-refractivity contribution in [2.45, 2.75) is 53.0 Å². The van der Waals surface area contributed by atoms with Crippen LogP contribution in [0.2, 0.25) is 0 Å². The molecule has 0 fully saturated rings. The number of hydrogen-bond acceptors (Lipinski definition) is 8. The lowest BCUT2D eigenvalue weighted by atomic mass is 10.0. The molecule has 0 bridgehead atoms. The van der Waals surface area contributed by atoms with E-state index in [1.165, 1.54) is 0 Å². The summed E-state index contributed by atoms with van der Waals surface area (Å²) in [7, 11) is 7.43. The number of nitrogens with zero attached hydrogens (tertiary/aromatic N) is 14. The molecule has 59 heavy (non-hydrogen) atoms. The zero-order chi connectivity index (χ0) is 40.7. The number of carbonyl (C=O) groups is 2. The van der Waals surface area contributed by atoms with Crippen LogP contribution >= 0.6 is 0 Å². The molecular formula is C42H45N15O2. The predicted octanol–water partition coefficient (Wildman–Crippen LogP) is 4.52. The third kappa shape index (κ3) is 6.06. The summed E-state index contributed by atoms with van der Waals surface area (Å²) < 4.78 is 12.0. The van der Waals surface area contributed by atoms with Crippen molar-refractivity contribution in [3.63, 3.8) is 0 Å². The maximum absolute atomic E-state index is 12.9. The molecule has 300 valence electrons. The van der Waals surface area contributed by atoms with E-state index >= 15 is 0 Å². The summed E-state index contributed by atoms with van der Waals surface area (Å²) in [6, 6.07) is 12.6. The Kier molecular flexibility index (Phi) is 8.50. The Morgan fingerprint density at radius 1 is 0.695 bits per heavy atom. The first kappa shape index (κ1) is 36.3. The fourth-order valence-corrected chi connectivity index (χ4v) is 8.87. The molecule has 17 heteroatoms. The van der Waals surface area contributed by atoms with E-state index in [0.717, 1.165) is 96.4 Å². The molecule has 17 nitrogen and oxygen atoms in total. The number of fused-ring (bicyclic) bond motifs is 4. The van der Waals surface area contributed by atoms with Crippen LogP contribution in [0.25, 0.3) is 66.8 Å². The summed E-state index contributed by atoms with van der Waals surface area (Å²) in [6.07, 6.45) is 8.25. The topological polar surface area (TPSA) is 160 Å². The van der Waals surface area contributed by atoms with Gasteiger partial charge < -0.3 is 24.3 Å². The largest absolute Gasteiger partial charge is 0.341 e. The first-order valence-corrected chi connectivity index (χ1v) is 19.9. The number of hydrogen-bond donors (Lipinski definition) is 1. The molecule has 0 saturated heterocycles. The Labute approximate surface area is 339 Å². The van der Waals surface area contributed by atoms with Crippen LogP contribution in [0.3, 0.4) is 0 Å². The van der Waals surface area contributed by atoms with Crippen LogP contribution in [0.4, 0.5) is 4.79 Å². The van der Waals surface area contributed by atoms with E-state index in [1.54, 1.807) is 23.3 Å². The van der Waals surface area contributed by atoms with E-state index in [2.05, 4.69) is 65.7 Å². The molecule has 0 radical (unpaired) electrons. The number of amides is 3. The van der Waals surface area contributed by atoms with E-state index < -0.39 is 0 Å². The first-order chi connectivity index (χ1) is 28.5. The van der Waals surface area contributed by atoms with Gasteiger partial charge in [-0.1, -0.05) is 12.1 Å². The zero-order valence-electron chi connectivity index (χ0n) is 34.0. The van der Waals surface area contributed by atoms with Crippen molar-refractivity contribution in [3.8, 4) is 45.0 Å². The molecular weight excluding hydrogens is 747 g/mol. The van der Waals surface area contributed by atoms with E-state index in [0.29, 0.717) is 45.7 Å². The quantitative estimate of drug-likeness (QED) is 0.247. The second-order valence-corrected chi connectivity index (χ2v) is 15.6. The van der Waals surface area contributed by atoms with Gasteiger partial charge in [0.25, 0.3) is 0 Å². The summed E-state index contributed by atoms with van der Waals surface area (Å²) in [4.78, 5) is 39.4. The van der Waals surface area contributed by atoms with Crippen LogP contribution < -0.4 is 5.32 Å². The number of urea groups is 1. The fraction of sp³-hybridized carbons (Fsp3) is 0.333. The number of rotatable bonds is 7. The lowest BCUT2D eigenvalue weighted by Crippen LogP contribution is -2.43. The van der Waals surface area contributed by atoms with Gasteiger partial charge in [-0.15, -0.1) is 0 Å². The number of aromatic nitrogens is 12. The van der Waals surface area contributed by atoms with Crippen LogP contribution in [0.1, 0.15) is 30.0 Å². The van der Waals surface area contributed by atoms with Gasteiger partial charge in [0.1, 0.15) is 23.0 Å². The van der Waals surface area contributed by atoms with Gasteiger partial charge in [-0.25, -0.2) is 14.8 Å². The Balaban J connectivity index is 1.04. The summed E-state index contributed by atoms with van der Waals surface area (Å²) in [5.74, 6) is 1.94. The molecule has 8 aromatic rings. The molecule has 0 atom stereocenters. The standard InChI is InChI=1S/C42H45N15O2/c1-25-46-40(35-23-53(26(2)58)13-15-55(25)35)27-8-10-34-32(18-27)39(30-20-45-51(5)22-30)49-57(34)12-11-37-47-41(36-24-54(42(59)43-3)14-16-56(36)37)28-7-9-33-31(17-28)38(48-52(33)6)29-19-44-50(4)21-29/h7-10,17-22H,11-16,23-24H2,1-6H3,(H,43,59). The average Bonchev–Trinajstić information content (AvgIpc) is 4.11. The summed E-state index contributed by atoms with van der Waals surface area (Å²) in [6.45, 7) is 7.78. The monoisotopic (exact) mass is 791 g/mol. The van der Waals surface area contributed by atoms with E-state index in [1.807, 2.05) is 67.3 Å². The van der Waals surface area contributed by atoms with Crippen LogP contribution in [-0.4, -0.2) is 100 Å². The highest BCUT2D eigenvalue weighted by molar-refractivity contribution is 5.97. The van der Waals surface area contributed by atoms with Gasteiger partial charge in [0, 0.05) is 120 Å². The number of carbonyl (C=O) groups excluding carboxylic acids is 2. The lowest BCUT2D eigenvalue weighted by molar-refractivity contribution is -0.130. The van der Waals surface area contributed by atoms with Crippen molar-refractivity contribution in [1.82, 2.24) is 73.3 Å². The van der Waals surface area contributed by atoms with E-state index in [-0.39, 0.29) is 11.9 Å². The molecule has 2 aliphatic rings. The van der Waals surface area contributed by atoms with Gasteiger partial charge in [-0.05, 0) is 31.2 Å². The van der Waals surface area contributed by atoms with Gasteiger partial charge in [0.15, 0.2) is 0 Å². The normalized spacial score (nSPS) is 14.1. The predicted molar refractivity (Wildman–Crippen MR) is 222 cm³/mol. The second kappa shape index (κ2) is 13.8. The van der Waals surface area contributed by atoms with Crippen LogP contribution in [-0.2, 0) is 65.1 Å². The number of imidazole rings is 2. The van der Waals surface area contributed by atoms with Gasteiger partial charge in [-0.2, -0.15) is 20.4 Å². The summed E-state index contributed by atoms with van der Waals surface area (Å²) in [5, 5.41) is 23.8. The minimum Gasteiger partial charge on any atom is -0.341 e. The third-order valence-corrected chi connectivity index (χ3v) is 11.9. The number of nitrogens with one attached hydrogen (secondary N) is 1. The van der Waals surface area contributed by atoms with Crippen molar-refractivity contribution in [2.75, 3.05) is 20.1 Å². The number of aryl methyl sites for hydroxylation is 6. The van der Waals surface area contributed by atoms with E-state index in [4.69, 9.17) is 20.2 Å². The zero-order valence-corrected chi connectivity index (χ0v) is 34.0. The van der Waals surface area contributed by atoms with Gasteiger partial charge in [0.2, 0.25) is 5.91 Å². The minimum absolute atomic E-state index is 0.0656. The van der Waals surface area contributed by atoms with Crippen LogP contribution in [0.15, 0.2) is 61.2 Å². The number of benzene rings is 2. The molecule has 10 rings (SSSR count). The Bertz CT molecular complexity index is 2970. The van der Waals surface area contributed by atoms with Crippen molar-refractivity contribution in [1.29, 1.82) is 0 Å². The Morgan fingerprint density at radius 2 is 1.29 bits per heavy atom. The molecule has 0 unspecified atom stereocenters. The molecule has 3 amide bonds. The highest BCUT2D eigenvalue weighted by Gasteiger charge is 2.29. The maximum Gasteiger partial charge on any atom is 0.317 e. The van der Waals surface area contributed by atoms with Crippen molar-refractivity contribution >= 4 is 33.7 Å². The molecule has 6 aromatic heterocycles. The molecule has 0 saturated carbocycles. The highest BCUT2D eigenvalue weighted by atomic mass is 16.2. The van der Waals surface area contributed by atoms with E-state index in [9.17, 15) is 9.59 Å². The molecule has 0 spiro atoms. The first-order valence-electron chi connectivity index (χ1n) is 19.9.